The van der Waals surface area contributed by atoms with Gasteiger partial charge in [-0.15, -0.1) is 0 Å². The fourth-order valence-electron chi connectivity index (χ4n) is 2.20. The molecule has 0 radical (unpaired) electrons. The molecule has 6 heteroatoms. The number of nitrogens with zero attached hydrogens (tertiary/aromatic N) is 2. The molecule has 1 aromatic carbocycles. The van der Waals surface area contributed by atoms with E-state index in [4.69, 9.17) is 28.9 Å². The summed E-state index contributed by atoms with van der Waals surface area (Å²) in [6.07, 6.45) is 10.1. The third-order valence-electron chi connectivity index (χ3n) is 3.18. The monoisotopic (exact) mass is 333 g/mol. The van der Waals surface area contributed by atoms with Crippen LogP contribution in [0.2, 0.25) is 10.0 Å². The Morgan fingerprint density at radius 1 is 1.23 bits per heavy atom. The summed E-state index contributed by atoms with van der Waals surface area (Å²) in [7, 11) is 0. The number of benzene rings is 1. The van der Waals surface area contributed by atoms with Crippen LogP contribution in [0, 0.1) is 0 Å². The van der Waals surface area contributed by atoms with Crippen molar-refractivity contribution < 1.29 is 5.11 Å². The third kappa shape index (κ3) is 3.25. The number of aliphatic imine (C=N–C) groups is 1. The van der Waals surface area contributed by atoms with Crippen molar-refractivity contribution in [2.75, 3.05) is 0 Å². The number of hydrogen-bond acceptors (Lipinski definition) is 4. The molecule has 3 N–H and O–H groups in total. The molecule has 3 rings (SSSR count). The fourth-order valence-corrected chi connectivity index (χ4v) is 2.74. The molecular formula is C16H13Cl2N3O. The van der Waals surface area contributed by atoms with Gasteiger partial charge in [0.1, 0.15) is 11.9 Å². The molecule has 0 bridgehead atoms. The summed E-state index contributed by atoms with van der Waals surface area (Å²) in [5.41, 5.74) is 7.88. The number of halogens is 2. The van der Waals surface area contributed by atoms with E-state index in [0.29, 0.717) is 21.3 Å². The third-order valence-corrected chi connectivity index (χ3v) is 3.61. The molecule has 0 spiro atoms. The van der Waals surface area contributed by atoms with Gasteiger partial charge in [-0.2, -0.15) is 0 Å². The summed E-state index contributed by atoms with van der Waals surface area (Å²) in [4.78, 5) is 6.06. The van der Waals surface area contributed by atoms with Crippen molar-refractivity contribution in [2.24, 2.45) is 10.7 Å². The Balaban J connectivity index is 1.83. The molecule has 2 aliphatic heterocycles. The van der Waals surface area contributed by atoms with Crippen molar-refractivity contribution in [3.8, 4) is 0 Å². The molecule has 0 aliphatic carbocycles. The molecule has 1 unspecified atom stereocenters. The first kappa shape index (κ1) is 14.9. The summed E-state index contributed by atoms with van der Waals surface area (Å²) in [6, 6.07) is 5.31. The maximum absolute atomic E-state index is 9.96. The molecule has 4 nitrogen and oxygen atoms in total. The predicted octanol–water partition coefficient (Wildman–Crippen LogP) is 3.86. The lowest BCUT2D eigenvalue weighted by molar-refractivity contribution is 0.418. The number of aliphatic hydroxyl groups is 1. The van der Waals surface area contributed by atoms with Crippen LogP contribution in [0.5, 0.6) is 0 Å². The molecule has 0 amide bonds. The highest BCUT2D eigenvalue weighted by atomic mass is 35.5. The van der Waals surface area contributed by atoms with Gasteiger partial charge in [0.05, 0.1) is 11.3 Å². The van der Waals surface area contributed by atoms with Gasteiger partial charge in [0, 0.05) is 28.6 Å². The zero-order valence-corrected chi connectivity index (χ0v) is 13.0. The molecule has 0 aromatic heterocycles. The van der Waals surface area contributed by atoms with E-state index in [1.807, 2.05) is 35.5 Å². The van der Waals surface area contributed by atoms with E-state index in [-0.39, 0.29) is 5.76 Å². The molecule has 1 atom stereocenters. The number of hydrogen-bond donors (Lipinski definition) is 2. The summed E-state index contributed by atoms with van der Waals surface area (Å²) in [6.45, 7) is 0. The van der Waals surface area contributed by atoms with Crippen LogP contribution in [-0.2, 0) is 0 Å². The zero-order chi connectivity index (χ0) is 15.7. The smallest absolute Gasteiger partial charge is 0.125 e. The number of rotatable bonds is 2. The van der Waals surface area contributed by atoms with E-state index >= 15 is 0 Å². The Bertz CT molecular complexity index is 742. The summed E-state index contributed by atoms with van der Waals surface area (Å²) >= 11 is 11.9. The lowest BCUT2D eigenvalue weighted by atomic mass is 10.0. The van der Waals surface area contributed by atoms with Crippen molar-refractivity contribution >= 4 is 35.0 Å². The Hall–Kier alpha value is -2.01. The molecule has 112 valence electrons. The van der Waals surface area contributed by atoms with Crippen LogP contribution in [0.15, 0.2) is 65.3 Å². The van der Waals surface area contributed by atoms with Crippen LogP contribution < -0.4 is 5.73 Å². The van der Waals surface area contributed by atoms with E-state index in [1.54, 1.807) is 18.3 Å². The Kier molecular flexibility index (Phi) is 4.07. The molecule has 0 saturated carbocycles. The van der Waals surface area contributed by atoms with Gasteiger partial charge in [0.25, 0.3) is 0 Å². The average Bonchev–Trinajstić information content (AvgIpc) is 2.44. The molecule has 1 aromatic rings. The van der Waals surface area contributed by atoms with Crippen molar-refractivity contribution in [3.63, 3.8) is 0 Å². The van der Waals surface area contributed by atoms with Crippen molar-refractivity contribution in [1.82, 2.24) is 4.90 Å². The Morgan fingerprint density at radius 2 is 1.95 bits per heavy atom. The first-order valence-electron chi connectivity index (χ1n) is 6.58. The van der Waals surface area contributed by atoms with Crippen LogP contribution >= 0.6 is 23.2 Å². The number of fused-ring (bicyclic) bond motifs is 1. The molecule has 2 heterocycles. The largest absolute Gasteiger partial charge is 0.507 e. The second-order valence-corrected chi connectivity index (χ2v) is 5.75. The van der Waals surface area contributed by atoms with E-state index in [1.165, 1.54) is 6.08 Å². The van der Waals surface area contributed by atoms with Crippen molar-refractivity contribution in [1.29, 1.82) is 0 Å². The van der Waals surface area contributed by atoms with Gasteiger partial charge in [-0.3, -0.25) is 4.99 Å². The minimum absolute atomic E-state index is 0.131. The zero-order valence-electron chi connectivity index (χ0n) is 11.4. The van der Waals surface area contributed by atoms with Crippen LogP contribution in [-0.4, -0.2) is 21.9 Å². The minimum atomic E-state index is -0.507. The number of allylic oxidation sites excluding steroid dienone is 2. The lowest BCUT2D eigenvalue weighted by Crippen LogP contribution is -2.25. The second kappa shape index (κ2) is 6.01. The van der Waals surface area contributed by atoms with Gasteiger partial charge in [-0.25, -0.2) is 0 Å². The highest BCUT2D eigenvalue weighted by Gasteiger charge is 2.19. The number of dihydropyridines is 1. The maximum atomic E-state index is 9.96. The van der Waals surface area contributed by atoms with E-state index < -0.39 is 6.17 Å². The second-order valence-electron chi connectivity index (χ2n) is 4.88. The lowest BCUT2D eigenvalue weighted by Gasteiger charge is -2.22. The molecule has 22 heavy (non-hydrogen) atoms. The van der Waals surface area contributed by atoms with Gasteiger partial charge in [0.2, 0.25) is 0 Å². The topological polar surface area (TPSA) is 61.9 Å². The average molecular weight is 334 g/mol. The predicted molar refractivity (Wildman–Crippen MR) is 90.7 cm³/mol. The molecular weight excluding hydrogens is 321 g/mol. The van der Waals surface area contributed by atoms with E-state index in [2.05, 4.69) is 4.99 Å². The Morgan fingerprint density at radius 3 is 2.68 bits per heavy atom. The first-order valence-corrected chi connectivity index (χ1v) is 7.33. The van der Waals surface area contributed by atoms with Gasteiger partial charge in [0.15, 0.2) is 0 Å². The first-order chi connectivity index (χ1) is 10.5. The van der Waals surface area contributed by atoms with Crippen molar-refractivity contribution in [2.45, 2.75) is 6.17 Å². The van der Waals surface area contributed by atoms with Crippen LogP contribution in [0.25, 0.3) is 6.08 Å². The van der Waals surface area contributed by atoms with Gasteiger partial charge < -0.3 is 15.7 Å². The standard InChI is InChI=1S/C16H13Cl2N3O/c17-11-5-10(6-12(18)7-11)1-3-21-4-2-14-13(9-21)15(22)8-16(19)20-14/h1-9,16,22H,19H2/b3-1+. The van der Waals surface area contributed by atoms with Crippen LogP contribution in [0.4, 0.5) is 0 Å². The van der Waals surface area contributed by atoms with Crippen molar-refractivity contribution in [3.05, 3.63) is 75.9 Å². The summed E-state index contributed by atoms with van der Waals surface area (Å²) < 4.78 is 0. The summed E-state index contributed by atoms with van der Waals surface area (Å²) in [5.74, 6) is 0.131. The number of aliphatic hydroxyl groups excluding tert-OH is 1. The SMILES string of the molecule is NC1C=C(O)C2=CN(/C=C/c3cc(Cl)cc(Cl)c3)C=CC2=N1. The van der Waals surface area contributed by atoms with Crippen LogP contribution in [0.1, 0.15) is 5.56 Å². The highest BCUT2D eigenvalue weighted by molar-refractivity contribution is 6.34. The van der Waals surface area contributed by atoms with Gasteiger partial charge in [-0.05, 0) is 42.0 Å². The minimum Gasteiger partial charge on any atom is -0.507 e. The fraction of sp³-hybridized carbons (Fsp3) is 0.0625. The van der Waals surface area contributed by atoms with E-state index in [9.17, 15) is 5.11 Å². The Labute approximate surface area is 138 Å². The summed E-state index contributed by atoms with van der Waals surface area (Å²) in [5, 5.41) is 11.1. The number of nitrogens with two attached hydrogens (primary N) is 1. The maximum Gasteiger partial charge on any atom is 0.125 e. The molecule has 0 saturated heterocycles. The quantitative estimate of drug-likeness (QED) is 0.863. The van der Waals surface area contributed by atoms with Gasteiger partial charge >= 0.3 is 0 Å². The van der Waals surface area contributed by atoms with Gasteiger partial charge in [-0.1, -0.05) is 23.2 Å². The molecule has 0 fully saturated rings. The van der Waals surface area contributed by atoms with Crippen LogP contribution in [0.3, 0.4) is 0 Å². The molecule has 2 aliphatic rings. The van der Waals surface area contributed by atoms with E-state index in [0.717, 1.165) is 5.56 Å². The normalized spacial score (nSPS) is 20.6. The highest BCUT2D eigenvalue weighted by Crippen LogP contribution is 2.23.